The molecule has 7 heteroatoms. The summed E-state index contributed by atoms with van der Waals surface area (Å²) in [6.07, 6.45) is -0.762. The number of nitrogens with zero attached hydrogens (tertiary/aromatic N) is 1. The molecule has 0 aliphatic carbocycles. The fraction of sp³-hybridized carbons (Fsp3) is 0.400. The first-order valence-corrected chi connectivity index (χ1v) is 6.51. The fourth-order valence-electron chi connectivity index (χ4n) is 1.92. The Balaban J connectivity index is 2.44. The van der Waals surface area contributed by atoms with Gasteiger partial charge >= 0.3 is 0 Å². The lowest BCUT2D eigenvalue weighted by molar-refractivity contribution is -0.484. The summed E-state index contributed by atoms with van der Waals surface area (Å²) in [5.41, 5.74) is 0.744. The van der Waals surface area contributed by atoms with Crippen molar-refractivity contribution in [1.29, 1.82) is 0 Å². The number of aliphatic hydroxyl groups excluding tert-OH is 1. The van der Waals surface area contributed by atoms with Crippen molar-refractivity contribution in [2.75, 3.05) is 6.54 Å². The van der Waals surface area contributed by atoms with Crippen LogP contribution < -0.4 is 4.74 Å². The van der Waals surface area contributed by atoms with Crippen LogP contribution in [-0.4, -0.2) is 22.9 Å². The highest BCUT2D eigenvalue weighted by atomic mass is 79.9. The molecule has 1 aromatic carbocycles. The van der Waals surface area contributed by atoms with Gasteiger partial charge in [-0.15, -0.1) is 0 Å². The Morgan fingerprint density at radius 3 is 2.88 bits per heavy atom. The minimum Gasteiger partial charge on any atom is -0.464 e. The SMILES string of the molecule is O=[N+]([O-])C[C@H]1CC(O)Oc2c(Br)cc(Br)cc21. The predicted octanol–water partition coefficient (Wildman–Crippen LogP) is 2.67. The van der Waals surface area contributed by atoms with Crippen molar-refractivity contribution in [2.45, 2.75) is 18.6 Å². The Bertz CT molecular complexity index is 466. The van der Waals surface area contributed by atoms with Crippen molar-refractivity contribution in [3.63, 3.8) is 0 Å². The molecule has 1 aliphatic heterocycles. The Morgan fingerprint density at radius 1 is 1.53 bits per heavy atom. The van der Waals surface area contributed by atoms with E-state index in [4.69, 9.17) is 4.74 Å². The summed E-state index contributed by atoms with van der Waals surface area (Å²) in [5.74, 6) is 0.149. The van der Waals surface area contributed by atoms with Crippen LogP contribution in [0.5, 0.6) is 5.75 Å². The molecule has 1 unspecified atom stereocenters. The highest BCUT2D eigenvalue weighted by Crippen LogP contribution is 2.42. The molecular weight excluding hydrogens is 358 g/mol. The quantitative estimate of drug-likeness (QED) is 0.645. The average Bonchev–Trinajstić information content (AvgIpc) is 2.19. The largest absolute Gasteiger partial charge is 0.464 e. The number of hydrogen-bond donors (Lipinski definition) is 1. The molecule has 0 saturated heterocycles. The maximum Gasteiger partial charge on any atom is 0.211 e. The van der Waals surface area contributed by atoms with Crippen LogP contribution in [0.15, 0.2) is 21.1 Å². The minimum atomic E-state index is -0.995. The van der Waals surface area contributed by atoms with Crippen molar-refractivity contribution in [3.05, 3.63) is 36.8 Å². The van der Waals surface area contributed by atoms with Crippen molar-refractivity contribution in [2.24, 2.45) is 0 Å². The summed E-state index contributed by atoms with van der Waals surface area (Å²) in [4.78, 5) is 10.2. The molecule has 0 aromatic heterocycles. The normalized spacial score (nSPS) is 22.8. The van der Waals surface area contributed by atoms with E-state index in [0.717, 1.165) is 10.0 Å². The van der Waals surface area contributed by atoms with Crippen LogP contribution in [-0.2, 0) is 0 Å². The highest BCUT2D eigenvalue weighted by Gasteiger charge is 2.32. The molecule has 1 aliphatic rings. The number of ether oxygens (including phenoxy) is 1. The van der Waals surface area contributed by atoms with E-state index in [9.17, 15) is 15.2 Å². The number of nitro groups is 1. The molecule has 17 heavy (non-hydrogen) atoms. The van der Waals surface area contributed by atoms with E-state index in [2.05, 4.69) is 31.9 Å². The van der Waals surface area contributed by atoms with E-state index < -0.39 is 6.29 Å². The van der Waals surface area contributed by atoms with Crippen molar-refractivity contribution in [3.8, 4) is 5.75 Å². The van der Waals surface area contributed by atoms with Gasteiger partial charge in [-0.05, 0) is 28.1 Å². The molecule has 1 heterocycles. The third-order valence-corrected chi connectivity index (χ3v) is 3.63. The van der Waals surface area contributed by atoms with Crippen LogP contribution in [0.3, 0.4) is 0 Å². The van der Waals surface area contributed by atoms with Gasteiger partial charge < -0.3 is 9.84 Å². The smallest absolute Gasteiger partial charge is 0.211 e. The second kappa shape index (κ2) is 4.91. The lowest BCUT2D eigenvalue weighted by Gasteiger charge is -2.28. The standard InChI is InChI=1S/C10H9Br2NO4/c11-6-2-7-5(4-13(15)16)1-9(14)17-10(7)8(12)3-6/h2-3,5,9,14H,1,4H2/t5-,9?/m1/s1. The van der Waals surface area contributed by atoms with Crippen molar-refractivity contribution < 1.29 is 14.8 Å². The molecule has 0 bridgehead atoms. The Morgan fingerprint density at radius 2 is 2.24 bits per heavy atom. The highest BCUT2D eigenvalue weighted by molar-refractivity contribution is 9.11. The van der Waals surface area contributed by atoms with E-state index in [0.29, 0.717) is 10.2 Å². The second-order valence-corrected chi connectivity index (χ2v) is 5.60. The molecule has 0 fully saturated rings. The zero-order valence-corrected chi connectivity index (χ0v) is 11.8. The molecule has 1 N–H and O–H groups in total. The zero-order chi connectivity index (χ0) is 12.6. The maximum atomic E-state index is 10.6. The topological polar surface area (TPSA) is 72.6 Å². The average molecular weight is 367 g/mol. The number of aliphatic hydroxyl groups is 1. The lowest BCUT2D eigenvalue weighted by atomic mass is 9.92. The third-order valence-electron chi connectivity index (χ3n) is 2.59. The monoisotopic (exact) mass is 365 g/mol. The van der Waals surface area contributed by atoms with Crippen LogP contribution in [0.1, 0.15) is 17.9 Å². The predicted molar refractivity (Wildman–Crippen MR) is 67.7 cm³/mol. The molecule has 5 nitrogen and oxygen atoms in total. The van der Waals surface area contributed by atoms with Gasteiger partial charge in [0.15, 0.2) is 6.29 Å². The molecule has 2 rings (SSSR count). The summed E-state index contributed by atoms with van der Waals surface area (Å²) in [6.45, 7) is -0.212. The van der Waals surface area contributed by atoms with Crippen LogP contribution >= 0.6 is 31.9 Å². The molecule has 0 radical (unpaired) electrons. The van der Waals surface area contributed by atoms with E-state index in [-0.39, 0.29) is 23.8 Å². The maximum absolute atomic E-state index is 10.6. The zero-order valence-electron chi connectivity index (χ0n) is 8.60. The fourth-order valence-corrected chi connectivity index (χ4v) is 3.27. The third kappa shape index (κ3) is 2.78. The van der Waals surface area contributed by atoms with Crippen molar-refractivity contribution in [1.82, 2.24) is 0 Å². The molecule has 92 valence electrons. The summed E-state index contributed by atoms with van der Waals surface area (Å²) < 4.78 is 6.79. The second-order valence-electron chi connectivity index (χ2n) is 3.83. The van der Waals surface area contributed by atoms with E-state index in [1.54, 1.807) is 12.1 Å². The first kappa shape index (κ1) is 12.8. The summed E-state index contributed by atoms with van der Waals surface area (Å²) in [5, 5.41) is 20.2. The van der Waals surface area contributed by atoms with Gasteiger partial charge in [0.1, 0.15) is 5.75 Å². The van der Waals surface area contributed by atoms with E-state index in [1.807, 2.05) is 0 Å². The van der Waals surface area contributed by atoms with Gasteiger partial charge in [0, 0.05) is 21.4 Å². The van der Waals surface area contributed by atoms with Gasteiger partial charge in [0.05, 0.1) is 10.4 Å². The molecule has 0 amide bonds. The van der Waals surface area contributed by atoms with Crippen molar-refractivity contribution >= 4 is 31.9 Å². The van der Waals surface area contributed by atoms with Gasteiger partial charge in [-0.25, -0.2) is 0 Å². The molecular formula is C10H9Br2NO4. The molecule has 1 aromatic rings. The Labute approximate surface area is 114 Å². The van der Waals surface area contributed by atoms with E-state index in [1.165, 1.54) is 0 Å². The first-order valence-electron chi connectivity index (χ1n) is 4.93. The number of fused-ring (bicyclic) bond motifs is 1. The summed E-state index contributed by atoms with van der Waals surface area (Å²) in [7, 11) is 0. The van der Waals surface area contributed by atoms with Gasteiger partial charge in [0.2, 0.25) is 6.54 Å². The van der Waals surface area contributed by atoms with Crippen LogP contribution in [0, 0.1) is 10.1 Å². The van der Waals surface area contributed by atoms with Gasteiger partial charge in [-0.3, -0.25) is 10.1 Å². The van der Waals surface area contributed by atoms with Gasteiger partial charge in [0.25, 0.3) is 0 Å². The van der Waals surface area contributed by atoms with E-state index >= 15 is 0 Å². The number of rotatable bonds is 2. The number of halogens is 2. The lowest BCUT2D eigenvalue weighted by Crippen LogP contribution is -2.28. The number of benzene rings is 1. The van der Waals surface area contributed by atoms with Crippen LogP contribution in [0.2, 0.25) is 0 Å². The summed E-state index contributed by atoms with van der Waals surface area (Å²) in [6, 6.07) is 3.57. The number of hydrogen-bond acceptors (Lipinski definition) is 4. The first-order chi connectivity index (χ1) is 7.97. The van der Waals surface area contributed by atoms with Gasteiger partial charge in [-0.2, -0.15) is 0 Å². The van der Waals surface area contributed by atoms with Crippen LogP contribution in [0.25, 0.3) is 0 Å². The molecule has 0 spiro atoms. The molecule has 0 saturated carbocycles. The molecule has 2 atom stereocenters. The Kier molecular flexibility index (Phi) is 3.70. The summed E-state index contributed by atoms with van der Waals surface area (Å²) >= 11 is 6.65. The Hall–Kier alpha value is -0.660. The van der Waals surface area contributed by atoms with Crippen LogP contribution in [0.4, 0.5) is 0 Å². The van der Waals surface area contributed by atoms with Gasteiger partial charge in [-0.1, -0.05) is 15.9 Å². The minimum absolute atomic E-state index is 0.212.